The van der Waals surface area contributed by atoms with Gasteiger partial charge < -0.3 is 4.98 Å². The molecular formula is C16H18FNO. The van der Waals surface area contributed by atoms with Crippen LogP contribution in [0.1, 0.15) is 48.9 Å². The first-order valence-electron chi connectivity index (χ1n) is 7.04. The number of H-pyrrole nitrogens is 1. The van der Waals surface area contributed by atoms with Crippen LogP contribution in [0.4, 0.5) is 4.39 Å². The van der Waals surface area contributed by atoms with Crippen molar-refractivity contribution in [3.63, 3.8) is 0 Å². The molecule has 1 saturated carbocycles. The van der Waals surface area contributed by atoms with Gasteiger partial charge in [0.25, 0.3) is 0 Å². The number of nitrogens with one attached hydrogen (secondary N) is 1. The summed E-state index contributed by atoms with van der Waals surface area (Å²) in [7, 11) is 0. The first-order chi connectivity index (χ1) is 9.24. The summed E-state index contributed by atoms with van der Waals surface area (Å²) in [6.45, 7) is 0. The predicted molar refractivity (Wildman–Crippen MR) is 73.8 cm³/mol. The second kappa shape index (κ2) is 5.16. The van der Waals surface area contributed by atoms with Gasteiger partial charge >= 0.3 is 0 Å². The summed E-state index contributed by atoms with van der Waals surface area (Å²) in [5, 5.41) is 0.835. The fourth-order valence-corrected chi connectivity index (χ4v) is 3.09. The van der Waals surface area contributed by atoms with E-state index >= 15 is 0 Å². The Morgan fingerprint density at radius 3 is 2.84 bits per heavy atom. The third-order valence-electron chi connectivity index (χ3n) is 4.14. The lowest BCUT2D eigenvalue weighted by Crippen LogP contribution is -2.12. The Morgan fingerprint density at radius 1 is 1.26 bits per heavy atom. The maximum Gasteiger partial charge on any atom is 0.165 e. The van der Waals surface area contributed by atoms with Gasteiger partial charge in [-0.25, -0.2) is 4.39 Å². The normalized spacial score (nSPS) is 16.9. The number of carbonyl (C=O) groups is 1. The average Bonchev–Trinajstić information content (AvgIpc) is 2.82. The lowest BCUT2D eigenvalue weighted by atomic mass is 9.85. The van der Waals surface area contributed by atoms with Gasteiger partial charge in [0, 0.05) is 29.1 Å². The molecule has 0 aliphatic heterocycles. The van der Waals surface area contributed by atoms with E-state index in [0.717, 1.165) is 5.39 Å². The van der Waals surface area contributed by atoms with E-state index in [1.807, 2.05) is 0 Å². The molecule has 1 fully saturated rings. The second-order valence-electron chi connectivity index (χ2n) is 5.52. The van der Waals surface area contributed by atoms with E-state index in [0.29, 0.717) is 23.4 Å². The van der Waals surface area contributed by atoms with Crippen LogP contribution in [0.25, 0.3) is 10.9 Å². The summed E-state index contributed by atoms with van der Waals surface area (Å²) in [5.41, 5.74) is 1.41. The molecule has 3 rings (SSSR count). The number of benzene rings is 1. The molecule has 1 aliphatic rings. The highest BCUT2D eigenvalue weighted by Gasteiger charge is 2.20. The van der Waals surface area contributed by atoms with E-state index in [2.05, 4.69) is 4.98 Å². The maximum absolute atomic E-state index is 13.1. The molecular weight excluding hydrogens is 241 g/mol. The molecule has 0 bridgehead atoms. The average molecular weight is 259 g/mol. The van der Waals surface area contributed by atoms with Crippen molar-refractivity contribution in [2.24, 2.45) is 5.92 Å². The lowest BCUT2D eigenvalue weighted by molar-refractivity contribution is 0.0952. The van der Waals surface area contributed by atoms with E-state index in [9.17, 15) is 9.18 Å². The molecule has 0 amide bonds. The van der Waals surface area contributed by atoms with E-state index in [1.165, 1.54) is 44.2 Å². The fraction of sp³-hybridized carbons (Fsp3) is 0.438. The summed E-state index contributed by atoms with van der Waals surface area (Å²) in [6, 6.07) is 4.54. The molecule has 2 aromatic rings. The first kappa shape index (κ1) is 12.4. The minimum Gasteiger partial charge on any atom is -0.360 e. The van der Waals surface area contributed by atoms with Crippen molar-refractivity contribution < 1.29 is 9.18 Å². The molecule has 0 unspecified atom stereocenters. The molecule has 0 radical (unpaired) electrons. The number of hydrogen-bond acceptors (Lipinski definition) is 1. The molecule has 19 heavy (non-hydrogen) atoms. The molecule has 0 spiro atoms. The minimum absolute atomic E-state index is 0.185. The number of ketones is 1. The molecule has 1 aromatic carbocycles. The minimum atomic E-state index is -0.277. The van der Waals surface area contributed by atoms with Crippen LogP contribution in [0.2, 0.25) is 0 Å². The van der Waals surface area contributed by atoms with Gasteiger partial charge in [0.05, 0.1) is 0 Å². The standard InChI is InChI=1S/C16H18FNO/c17-12-6-7-13-14(10-18-15(13)9-12)16(19)8-11-4-2-1-3-5-11/h6-7,9-11,18H,1-5,8H2. The summed E-state index contributed by atoms with van der Waals surface area (Å²) in [6.07, 6.45) is 8.48. The molecule has 1 aromatic heterocycles. The highest BCUT2D eigenvalue weighted by Crippen LogP contribution is 2.29. The molecule has 0 atom stereocenters. The Hall–Kier alpha value is -1.64. The van der Waals surface area contributed by atoms with Crippen molar-refractivity contribution in [3.05, 3.63) is 35.8 Å². The number of carbonyl (C=O) groups excluding carboxylic acids is 1. The highest BCUT2D eigenvalue weighted by molar-refractivity contribution is 6.07. The number of halogens is 1. The van der Waals surface area contributed by atoms with Gasteiger partial charge in [0.2, 0.25) is 0 Å². The van der Waals surface area contributed by atoms with Crippen molar-refractivity contribution in [3.8, 4) is 0 Å². The summed E-state index contributed by atoms with van der Waals surface area (Å²) in [5.74, 6) is 0.442. The first-order valence-corrected chi connectivity index (χ1v) is 7.04. The van der Waals surface area contributed by atoms with Gasteiger partial charge in [-0.1, -0.05) is 32.1 Å². The van der Waals surface area contributed by atoms with Crippen LogP contribution in [0, 0.1) is 11.7 Å². The Kier molecular flexibility index (Phi) is 3.36. The second-order valence-corrected chi connectivity index (χ2v) is 5.52. The van der Waals surface area contributed by atoms with E-state index < -0.39 is 0 Å². The maximum atomic E-state index is 13.1. The third-order valence-corrected chi connectivity index (χ3v) is 4.14. The van der Waals surface area contributed by atoms with Crippen molar-refractivity contribution in [1.29, 1.82) is 0 Å². The zero-order valence-corrected chi connectivity index (χ0v) is 10.9. The SMILES string of the molecule is O=C(CC1CCCCC1)c1c[nH]c2cc(F)ccc12. The van der Waals surface area contributed by atoms with E-state index in [1.54, 1.807) is 12.3 Å². The van der Waals surface area contributed by atoms with Gasteiger partial charge in [-0.3, -0.25) is 4.79 Å². The van der Waals surface area contributed by atoms with Crippen molar-refractivity contribution in [2.45, 2.75) is 38.5 Å². The van der Waals surface area contributed by atoms with Crippen LogP contribution in [-0.4, -0.2) is 10.8 Å². The predicted octanol–water partition coefficient (Wildman–Crippen LogP) is 4.46. The molecule has 1 N–H and O–H groups in total. The Balaban J connectivity index is 1.81. The molecule has 2 nitrogen and oxygen atoms in total. The Bertz CT molecular complexity index is 596. The monoisotopic (exact) mass is 259 g/mol. The largest absolute Gasteiger partial charge is 0.360 e. The van der Waals surface area contributed by atoms with Crippen LogP contribution >= 0.6 is 0 Å². The van der Waals surface area contributed by atoms with Gasteiger partial charge in [0.1, 0.15) is 5.82 Å². The smallest absolute Gasteiger partial charge is 0.165 e. The number of aromatic nitrogens is 1. The summed E-state index contributed by atoms with van der Waals surface area (Å²) >= 11 is 0. The molecule has 100 valence electrons. The Labute approximate surface area is 112 Å². The van der Waals surface area contributed by atoms with Gasteiger partial charge in [-0.15, -0.1) is 0 Å². The van der Waals surface area contributed by atoms with E-state index in [4.69, 9.17) is 0 Å². The van der Waals surface area contributed by atoms with Crippen molar-refractivity contribution >= 4 is 16.7 Å². The zero-order chi connectivity index (χ0) is 13.2. The number of hydrogen-bond donors (Lipinski definition) is 1. The molecule has 3 heteroatoms. The van der Waals surface area contributed by atoms with E-state index in [-0.39, 0.29) is 11.6 Å². The van der Waals surface area contributed by atoms with Gasteiger partial charge in [-0.2, -0.15) is 0 Å². The van der Waals surface area contributed by atoms with Crippen LogP contribution in [0.3, 0.4) is 0 Å². The van der Waals surface area contributed by atoms with Crippen LogP contribution in [0.15, 0.2) is 24.4 Å². The van der Waals surface area contributed by atoms with Crippen LogP contribution in [0.5, 0.6) is 0 Å². The lowest BCUT2D eigenvalue weighted by Gasteiger charge is -2.20. The number of rotatable bonds is 3. The topological polar surface area (TPSA) is 32.9 Å². The number of fused-ring (bicyclic) bond motifs is 1. The van der Waals surface area contributed by atoms with Crippen LogP contribution < -0.4 is 0 Å². The third kappa shape index (κ3) is 2.55. The highest BCUT2D eigenvalue weighted by atomic mass is 19.1. The van der Waals surface area contributed by atoms with Crippen molar-refractivity contribution in [1.82, 2.24) is 4.98 Å². The van der Waals surface area contributed by atoms with Crippen molar-refractivity contribution in [2.75, 3.05) is 0 Å². The van der Waals surface area contributed by atoms with Gasteiger partial charge in [0.15, 0.2) is 5.78 Å². The molecule has 1 heterocycles. The zero-order valence-electron chi connectivity index (χ0n) is 10.9. The Morgan fingerprint density at radius 2 is 2.05 bits per heavy atom. The van der Waals surface area contributed by atoms with Crippen LogP contribution in [-0.2, 0) is 0 Å². The number of Topliss-reactive ketones (excluding diaryl/α,β-unsaturated/α-hetero) is 1. The molecule has 1 aliphatic carbocycles. The quantitative estimate of drug-likeness (QED) is 0.811. The summed E-state index contributed by atoms with van der Waals surface area (Å²) < 4.78 is 13.1. The summed E-state index contributed by atoms with van der Waals surface area (Å²) in [4.78, 5) is 15.3. The fourth-order valence-electron chi connectivity index (χ4n) is 3.09. The number of aromatic amines is 1. The van der Waals surface area contributed by atoms with Gasteiger partial charge in [-0.05, 0) is 24.1 Å². The molecule has 0 saturated heterocycles.